The highest BCUT2D eigenvalue weighted by Gasteiger charge is 2.12. The van der Waals surface area contributed by atoms with Crippen LogP contribution in [0.15, 0.2) is 42.5 Å². The zero-order valence-electron chi connectivity index (χ0n) is 15.9. The van der Waals surface area contributed by atoms with Crippen molar-refractivity contribution in [2.24, 2.45) is 0 Å². The zero-order chi connectivity index (χ0) is 19.9. The van der Waals surface area contributed by atoms with Gasteiger partial charge in [0, 0.05) is 0 Å². The fraction of sp³-hybridized carbons (Fsp3) is 0.286. The third-order valence-electron chi connectivity index (χ3n) is 3.98. The van der Waals surface area contributed by atoms with E-state index >= 15 is 0 Å². The Morgan fingerprint density at radius 2 is 1.89 bits per heavy atom. The second kappa shape index (κ2) is 9.32. The number of hydrogen-bond donors (Lipinski definition) is 1. The maximum absolute atomic E-state index is 12.1. The summed E-state index contributed by atoms with van der Waals surface area (Å²) in [7, 11) is 0. The molecule has 1 amide bonds. The molecule has 0 radical (unpaired) electrons. The first-order valence-corrected chi connectivity index (χ1v) is 10.00. The Labute approximate surface area is 167 Å². The van der Waals surface area contributed by atoms with Crippen LogP contribution in [0, 0.1) is 0 Å². The van der Waals surface area contributed by atoms with Crippen LogP contribution in [0.25, 0.3) is 10.2 Å². The van der Waals surface area contributed by atoms with E-state index < -0.39 is 0 Å². The van der Waals surface area contributed by atoms with Gasteiger partial charge in [0.15, 0.2) is 11.7 Å². The van der Waals surface area contributed by atoms with Gasteiger partial charge in [-0.1, -0.05) is 36.8 Å². The second-order valence-corrected chi connectivity index (χ2v) is 7.18. The lowest BCUT2D eigenvalue weighted by molar-refractivity contribution is -0.118. The van der Waals surface area contributed by atoms with E-state index in [1.165, 1.54) is 16.9 Å². The molecule has 6 nitrogen and oxygen atoms in total. The van der Waals surface area contributed by atoms with Crippen molar-refractivity contribution in [3.63, 3.8) is 0 Å². The highest BCUT2D eigenvalue weighted by Crippen LogP contribution is 2.27. The molecule has 1 aromatic heterocycles. The van der Waals surface area contributed by atoms with Crippen molar-refractivity contribution < 1.29 is 19.1 Å². The molecule has 146 valence electrons. The summed E-state index contributed by atoms with van der Waals surface area (Å²) < 4.78 is 11.3. The first-order chi connectivity index (χ1) is 13.6. The number of thiazole rings is 1. The SMILES string of the molecule is CCCc1ccc(OCC(=O)Nc2nc3ccc(C(=O)OCC)cc3s2)cc1. The van der Waals surface area contributed by atoms with Crippen LogP contribution >= 0.6 is 11.3 Å². The van der Waals surface area contributed by atoms with Crippen LogP contribution < -0.4 is 10.1 Å². The molecule has 0 spiro atoms. The topological polar surface area (TPSA) is 77.5 Å². The average Bonchev–Trinajstić information content (AvgIpc) is 3.09. The Morgan fingerprint density at radius 3 is 2.61 bits per heavy atom. The number of carbonyl (C=O) groups is 2. The molecule has 0 aliphatic heterocycles. The lowest BCUT2D eigenvalue weighted by atomic mass is 10.1. The number of benzene rings is 2. The number of nitrogens with one attached hydrogen (secondary N) is 1. The van der Waals surface area contributed by atoms with E-state index in [-0.39, 0.29) is 18.5 Å². The summed E-state index contributed by atoms with van der Waals surface area (Å²) in [6, 6.07) is 12.9. The number of carbonyl (C=O) groups excluding carboxylic acids is 2. The number of fused-ring (bicyclic) bond motifs is 1. The van der Waals surface area contributed by atoms with E-state index in [0.29, 0.717) is 28.6 Å². The highest BCUT2D eigenvalue weighted by molar-refractivity contribution is 7.22. The molecule has 0 aliphatic carbocycles. The van der Waals surface area contributed by atoms with Crippen LogP contribution in [0.1, 0.15) is 36.2 Å². The van der Waals surface area contributed by atoms with Crippen molar-refractivity contribution in [2.75, 3.05) is 18.5 Å². The predicted molar refractivity (Wildman–Crippen MR) is 110 cm³/mol. The van der Waals surface area contributed by atoms with Gasteiger partial charge in [0.25, 0.3) is 5.91 Å². The summed E-state index contributed by atoms with van der Waals surface area (Å²) in [5.74, 6) is -0.0116. The van der Waals surface area contributed by atoms with Crippen LogP contribution in [0.5, 0.6) is 5.75 Å². The molecule has 1 heterocycles. The summed E-state index contributed by atoms with van der Waals surface area (Å²) in [5.41, 5.74) is 2.42. The Kier molecular flexibility index (Phi) is 6.60. The first-order valence-electron chi connectivity index (χ1n) is 9.18. The minimum Gasteiger partial charge on any atom is -0.484 e. The fourth-order valence-electron chi connectivity index (χ4n) is 2.66. The number of ether oxygens (including phenoxy) is 2. The number of rotatable bonds is 8. The fourth-order valence-corrected chi connectivity index (χ4v) is 3.59. The van der Waals surface area contributed by atoms with Gasteiger partial charge in [0.05, 0.1) is 22.4 Å². The van der Waals surface area contributed by atoms with Crippen molar-refractivity contribution in [1.82, 2.24) is 4.98 Å². The third-order valence-corrected chi connectivity index (χ3v) is 4.91. The van der Waals surface area contributed by atoms with Crippen molar-refractivity contribution in [1.29, 1.82) is 0 Å². The first kappa shape index (κ1) is 19.8. The number of hydrogen-bond acceptors (Lipinski definition) is 6. The third kappa shape index (κ3) is 5.07. The molecule has 0 saturated carbocycles. The number of aryl methyl sites for hydroxylation is 1. The number of esters is 1. The van der Waals surface area contributed by atoms with Gasteiger partial charge in [-0.3, -0.25) is 10.1 Å². The smallest absolute Gasteiger partial charge is 0.338 e. The van der Waals surface area contributed by atoms with Crippen LogP contribution in [0.3, 0.4) is 0 Å². The Balaban J connectivity index is 1.58. The lowest BCUT2D eigenvalue weighted by Crippen LogP contribution is -2.19. The Hall–Kier alpha value is -2.93. The molecule has 7 heteroatoms. The molecule has 28 heavy (non-hydrogen) atoms. The van der Waals surface area contributed by atoms with Crippen LogP contribution in [0.4, 0.5) is 5.13 Å². The van der Waals surface area contributed by atoms with Crippen LogP contribution in [-0.2, 0) is 16.0 Å². The number of anilines is 1. The maximum atomic E-state index is 12.1. The molecule has 0 unspecified atom stereocenters. The second-order valence-electron chi connectivity index (χ2n) is 6.15. The van der Waals surface area contributed by atoms with E-state index in [4.69, 9.17) is 9.47 Å². The minimum atomic E-state index is -0.373. The average molecular weight is 398 g/mol. The summed E-state index contributed by atoms with van der Waals surface area (Å²) in [5, 5.41) is 3.20. The lowest BCUT2D eigenvalue weighted by Gasteiger charge is -2.06. The molecule has 0 atom stereocenters. The standard InChI is InChI=1S/C21H22N2O4S/c1-3-5-14-6-9-16(10-7-14)27-13-19(24)23-21-22-17-11-8-15(12-18(17)28-21)20(25)26-4-2/h6-12H,3-5,13H2,1-2H3,(H,22,23,24). The molecule has 1 N–H and O–H groups in total. The van der Waals surface area contributed by atoms with Crippen LogP contribution in [-0.4, -0.2) is 30.1 Å². The van der Waals surface area contributed by atoms with E-state index in [0.717, 1.165) is 17.5 Å². The van der Waals surface area contributed by atoms with Crippen molar-refractivity contribution >= 4 is 38.6 Å². The van der Waals surface area contributed by atoms with E-state index in [9.17, 15) is 9.59 Å². The Bertz CT molecular complexity index is 966. The van der Waals surface area contributed by atoms with Crippen molar-refractivity contribution in [3.05, 3.63) is 53.6 Å². The zero-order valence-corrected chi connectivity index (χ0v) is 16.7. The summed E-state index contributed by atoms with van der Waals surface area (Å²) in [6.07, 6.45) is 2.11. The van der Waals surface area contributed by atoms with Crippen molar-refractivity contribution in [2.45, 2.75) is 26.7 Å². The highest BCUT2D eigenvalue weighted by atomic mass is 32.1. The molecule has 2 aromatic carbocycles. The van der Waals surface area contributed by atoms with Gasteiger partial charge < -0.3 is 9.47 Å². The van der Waals surface area contributed by atoms with Gasteiger partial charge in [-0.15, -0.1) is 0 Å². The molecular formula is C21H22N2O4S. The quantitative estimate of drug-likeness (QED) is 0.568. The molecule has 0 bridgehead atoms. The van der Waals surface area contributed by atoms with Gasteiger partial charge in [0.2, 0.25) is 0 Å². The van der Waals surface area contributed by atoms with Gasteiger partial charge in [-0.2, -0.15) is 0 Å². The van der Waals surface area contributed by atoms with Crippen LogP contribution in [0.2, 0.25) is 0 Å². The van der Waals surface area contributed by atoms with Gasteiger partial charge >= 0.3 is 5.97 Å². The minimum absolute atomic E-state index is 0.100. The number of amides is 1. The largest absolute Gasteiger partial charge is 0.484 e. The van der Waals surface area contributed by atoms with Gasteiger partial charge in [-0.25, -0.2) is 9.78 Å². The molecule has 3 aromatic rings. The van der Waals surface area contributed by atoms with E-state index in [2.05, 4.69) is 17.2 Å². The van der Waals surface area contributed by atoms with E-state index in [1.54, 1.807) is 25.1 Å². The molecule has 3 rings (SSSR count). The monoisotopic (exact) mass is 398 g/mol. The van der Waals surface area contributed by atoms with Gasteiger partial charge in [-0.05, 0) is 49.2 Å². The predicted octanol–water partition coefficient (Wildman–Crippen LogP) is 4.44. The number of aromatic nitrogens is 1. The molecular weight excluding hydrogens is 376 g/mol. The Morgan fingerprint density at radius 1 is 1.11 bits per heavy atom. The summed E-state index contributed by atoms with van der Waals surface area (Å²) in [4.78, 5) is 28.3. The maximum Gasteiger partial charge on any atom is 0.338 e. The van der Waals surface area contributed by atoms with E-state index in [1.807, 2.05) is 24.3 Å². The van der Waals surface area contributed by atoms with Gasteiger partial charge in [0.1, 0.15) is 5.75 Å². The molecule has 0 saturated heterocycles. The summed E-state index contributed by atoms with van der Waals surface area (Å²) in [6.45, 7) is 4.12. The normalized spacial score (nSPS) is 10.6. The van der Waals surface area contributed by atoms with Crippen molar-refractivity contribution in [3.8, 4) is 5.75 Å². The summed E-state index contributed by atoms with van der Waals surface area (Å²) >= 11 is 1.30. The number of nitrogens with zero attached hydrogens (tertiary/aromatic N) is 1. The molecule has 0 aliphatic rings. The molecule has 0 fully saturated rings.